The van der Waals surface area contributed by atoms with Crippen molar-refractivity contribution < 1.29 is 13.9 Å². The molecule has 0 bridgehead atoms. The van der Waals surface area contributed by atoms with Gasteiger partial charge in [-0.2, -0.15) is 4.98 Å². The van der Waals surface area contributed by atoms with Gasteiger partial charge in [0.25, 0.3) is 5.19 Å². The number of amides is 1. The zero-order chi connectivity index (χ0) is 22.4. The summed E-state index contributed by atoms with van der Waals surface area (Å²) in [5.74, 6) is 1.90. The number of thiazole rings is 1. The van der Waals surface area contributed by atoms with E-state index in [2.05, 4.69) is 20.9 Å². The van der Waals surface area contributed by atoms with Crippen molar-refractivity contribution in [1.29, 1.82) is 0 Å². The lowest BCUT2D eigenvalue weighted by Crippen LogP contribution is -2.46. The van der Waals surface area contributed by atoms with E-state index in [4.69, 9.17) is 9.15 Å². The second-order valence-electron chi connectivity index (χ2n) is 9.32. The molecule has 4 aromatic rings. The molecule has 0 saturated carbocycles. The number of fused-ring (bicyclic) bond motifs is 2. The van der Waals surface area contributed by atoms with Gasteiger partial charge in [-0.05, 0) is 62.2 Å². The average molecular weight is 463 g/mol. The third kappa shape index (κ3) is 4.09. The summed E-state index contributed by atoms with van der Waals surface area (Å²) in [4.78, 5) is 25.1. The van der Waals surface area contributed by atoms with Crippen molar-refractivity contribution in [3.05, 3.63) is 48.4 Å². The van der Waals surface area contributed by atoms with Crippen LogP contribution in [0.4, 0.5) is 0 Å². The van der Waals surface area contributed by atoms with Crippen molar-refractivity contribution in [1.82, 2.24) is 19.8 Å². The second kappa shape index (κ2) is 8.11. The molecule has 5 heterocycles. The van der Waals surface area contributed by atoms with E-state index >= 15 is 0 Å². The standard InChI is InChI=1S/C25H26N4O3S/c1-17(30)29-10-3-7-25(16-29)8-11-28(15-25)14-20-13-18-12-19(5-6-21(18)31-20)32-24-27-23-22(33-24)4-2-9-26-23/h2,4-6,9,12-13H,3,7-8,10-11,14-16H2,1H3. The van der Waals surface area contributed by atoms with Gasteiger partial charge in [-0.1, -0.05) is 11.3 Å². The van der Waals surface area contributed by atoms with Gasteiger partial charge in [-0.25, -0.2) is 4.98 Å². The predicted molar refractivity (Wildman–Crippen MR) is 128 cm³/mol. The Morgan fingerprint density at radius 1 is 1.21 bits per heavy atom. The number of carbonyl (C=O) groups excluding carboxylic acids is 1. The Morgan fingerprint density at radius 2 is 2.15 bits per heavy atom. The molecule has 3 aromatic heterocycles. The summed E-state index contributed by atoms with van der Waals surface area (Å²) >= 11 is 1.49. The molecule has 33 heavy (non-hydrogen) atoms. The van der Waals surface area contributed by atoms with Gasteiger partial charge in [0.15, 0.2) is 5.65 Å². The van der Waals surface area contributed by atoms with Crippen molar-refractivity contribution in [2.45, 2.75) is 32.7 Å². The van der Waals surface area contributed by atoms with Gasteiger partial charge in [-0.3, -0.25) is 9.69 Å². The second-order valence-corrected chi connectivity index (χ2v) is 10.3. The molecule has 2 fully saturated rings. The quantitative estimate of drug-likeness (QED) is 0.422. The average Bonchev–Trinajstić information content (AvgIpc) is 3.50. The summed E-state index contributed by atoms with van der Waals surface area (Å²) in [5.41, 5.74) is 1.80. The fourth-order valence-electron chi connectivity index (χ4n) is 5.30. The molecule has 7 nitrogen and oxygen atoms in total. The van der Waals surface area contributed by atoms with Crippen LogP contribution < -0.4 is 4.74 Å². The van der Waals surface area contributed by atoms with Crippen LogP contribution in [0.3, 0.4) is 0 Å². The summed E-state index contributed by atoms with van der Waals surface area (Å²) in [7, 11) is 0. The van der Waals surface area contributed by atoms with Crippen LogP contribution in [-0.4, -0.2) is 51.9 Å². The van der Waals surface area contributed by atoms with Gasteiger partial charge in [0.1, 0.15) is 17.1 Å². The maximum Gasteiger partial charge on any atom is 0.281 e. The molecule has 1 amide bonds. The number of pyridine rings is 1. The van der Waals surface area contributed by atoms with Gasteiger partial charge in [-0.15, -0.1) is 0 Å². The van der Waals surface area contributed by atoms with Crippen LogP contribution in [0.15, 0.2) is 47.0 Å². The molecule has 0 radical (unpaired) electrons. The summed E-state index contributed by atoms with van der Waals surface area (Å²) in [6.07, 6.45) is 5.19. The summed E-state index contributed by atoms with van der Waals surface area (Å²) < 4.78 is 13.1. The Balaban J connectivity index is 1.15. The SMILES string of the molecule is CC(=O)N1CCCC2(CCN(Cc3cc4cc(Oc5nc6ncccc6s5)ccc4o3)C2)C1. The number of ether oxygens (including phenoxy) is 1. The molecule has 0 N–H and O–H groups in total. The fraction of sp³-hybridized carbons (Fsp3) is 0.400. The Morgan fingerprint density at radius 3 is 3.03 bits per heavy atom. The Labute approximate surface area is 196 Å². The number of likely N-dealkylation sites (tertiary alicyclic amines) is 2. The Hall–Kier alpha value is -2.97. The van der Waals surface area contributed by atoms with Crippen molar-refractivity contribution in [3.63, 3.8) is 0 Å². The molecule has 2 aliphatic rings. The van der Waals surface area contributed by atoms with Gasteiger partial charge < -0.3 is 14.1 Å². The number of aromatic nitrogens is 2. The predicted octanol–water partition coefficient (Wildman–Crippen LogP) is 5.06. The number of carbonyl (C=O) groups is 1. The number of nitrogens with zero attached hydrogens (tertiary/aromatic N) is 4. The molecule has 2 saturated heterocycles. The smallest absolute Gasteiger partial charge is 0.281 e. The van der Waals surface area contributed by atoms with Crippen LogP contribution in [0, 0.1) is 5.41 Å². The highest BCUT2D eigenvalue weighted by atomic mass is 32.1. The van der Waals surface area contributed by atoms with Crippen molar-refractivity contribution in [3.8, 4) is 10.9 Å². The number of furan rings is 1. The first-order chi connectivity index (χ1) is 16.1. The van der Waals surface area contributed by atoms with E-state index in [1.165, 1.54) is 17.8 Å². The zero-order valence-corrected chi connectivity index (χ0v) is 19.4. The van der Waals surface area contributed by atoms with Crippen LogP contribution in [-0.2, 0) is 11.3 Å². The van der Waals surface area contributed by atoms with Gasteiger partial charge >= 0.3 is 0 Å². The highest BCUT2D eigenvalue weighted by Crippen LogP contribution is 2.40. The normalized spacial score (nSPS) is 21.4. The third-order valence-corrected chi connectivity index (χ3v) is 7.78. The summed E-state index contributed by atoms with van der Waals surface area (Å²) in [6, 6.07) is 11.9. The summed E-state index contributed by atoms with van der Waals surface area (Å²) in [5, 5.41) is 1.61. The highest BCUT2D eigenvalue weighted by Gasteiger charge is 2.42. The van der Waals surface area contributed by atoms with E-state index in [1.54, 1.807) is 13.1 Å². The van der Waals surface area contributed by atoms with Crippen molar-refractivity contribution in [2.24, 2.45) is 5.41 Å². The molecular formula is C25H26N4O3S. The lowest BCUT2D eigenvalue weighted by molar-refractivity contribution is -0.132. The van der Waals surface area contributed by atoms with E-state index < -0.39 is 0 Å². The van der Waals surface area contributed by atoms with Gasteiger partial charge in [0, 0.05) is 43.6 Å². The van der Waals surface area contributed by atoms with Crippen molar-refractivity contribution >= 4 is 38.6 Å². The van der Waals surface area contributed by atoms with E-state index in [0.29, 0.717) is 10.8 Å². The van der Waals surface area contributed by atoms with Crippen LogP contribution in [0.5, 0.6) is 10.9 Å². The Bertz CT molecular complexity index is 1300. The van der Waals surface area contributed by atoms with E-state index in [-0.39, 0.29) is 11.3 Å². The van der Waals surface area contributed by atoms with Crippen molar-refractivity contribution in [2.75, 3.05) is 26.2 Å². The minimum absolute atomic E-state index is 0.199. The maximum atomic E-state index is 11.9. The topological polar surface area (TPSA) is 71.7 Å². The van der Waals surface area contributed by atoms with Crippen LogP contribution >= 0.6 is 11.3 Å². The maximum absolute atomic E-state index is 11.9. The molecule has 1 aromatic carbocycles. The first kappa shape index (κ1) is 20.6. The van der Waals surface area contributed by atoms with Crippen LogP contribution in [0.2, 0.25) is 0 Å². The number of piperidine rings is 1. The monoisotopic (exact) mass is 462 g/mol. The summed E-state index contributed by atoms with van der Waals surface area (Å²) in [6.45, 7) is 6.33. The largest absolute Gasteiger partial charge is 0.460 e. The molecular weight excluding hydrogens is 436 g/mol. The lowest BCUT2D eigenvalue weighted by Gasteiger charge is -2.40. The molecule has 1 unspecified atom stereocenters. The number of benzene rings is 1. The minimum atomic E-state index is 0.199. The number of rotatable bonds is 4. The zero-order valence-electron chi connectivity index (χ0n) is 18.6. The fourth-order valence-corrected chi connectivity index (χ4v) is 6.10. The molecule has 170 valence electrons. The third-order valence-electron chi connectivity index (χ3n) is 6.89. The minimum Gasteiger partial charge on any atom is -0.460 e. The van der Waals surface area contributed by atoms with Gasteiger partial charge in [0.05, 0.1) is 11.2 Å². The molecule has 2 aliphatic heterocycles. The van der Waals surface area contributed by atoms with E-state index in [0.717, 1.165) is 72.7 Å². The van der Waals surface area contributed by atoms with E-state index in [9.17, 15) is 4.79 Å². The van der Waals surface area contributed by atoms with Gasteiger partial charge in [0.2, 0.25) is 5.91 Å². The van der Waals surface area contributed by atoms with E-state index in [1.807, 2.05) is 35.2 Å². The first-order valence-electron chi connectivity index (χ1n) is 11.5. The molecule has 8 heteroatoms. The van der Waals surface area contributed by atoms with Crippen LogP contribution in [0.25, 0.3) is 21.3 Å². The molecule has 0 aliphatic carbocycles. The molecule has 1 atom stereocenters. The number of hydrogen-bond donors (Lipinski definition) is 0. The molecule has 6 rings (SSSR count). The lowest BCUT2D eigenvalue weighted by atomic mass is 9.79. The number of hydrogen-bond acceptors (Lipinski definition) is 7. The molecule has 1 spiro atoms. The first-order valence-corrected chi connectivity index (χ1v) is 12.3. The van der Waals surface area contributed by atoms with Crippen LogP contribution in [0.1, 0.15) is 31.9 Å². The Kier molecular flexibility index (Phi) is 5.07. The highest BCUT2D eigenvalue weighted by molar-refractivity contribution is 7.20.